The van der Waals surface area contributed by atoms with Crippen molar-refractivity contribution in [3.8, 4) is 56.3 Å². The molecule has 1 atom stereocenters. The zero-order chi connectivity index (χ0) is 104. The van der Waals surface area contributed by atoms with Crippen LogP contribution in [0.2, 0.25) is 0 Å². The Morgan fingerprint density at radius 3 is 0.866 bits per heavy atom. The number of furan rings is 5. The molecule has 0 radical (unpaired) electrons. The molecule has 10 aromatic heterocycles. The molecule has 10 heteroatoms. The number of benzene rings is 15. The summed E-state index contributed by atoms with van der Waals surface area (Å²) in [5, 5.41) is 23.4. The highest BCUT2D eigenvalue weighted by atomic mass is 16.3. The molecular formula is C132H120N5O5+5. The van der Waals surface area contributed by atoms with Gasteiger partial charge in [0.05, 0.1) is 0 Å². The van der Waals surface area contributed by atoms with Gasteiger partial charge in [0.1, 0.15) is 91.1 Å². The Kier molecular flexibility index (Phi) is 21.3. The number of aromatic nitrogens is 5. The summed E-state index contributed by atoms with van der Waals surface area (Å²) in [4.78, 5) is 0. The van der Waals surface area contributed by atoms with Crippen molar-refractivity contribution in [2.45, 2.75) is 144 Å². The van der Waals surface area contributed by atoms with Gasteiger partial charge >= 0.3 is 0 Å². The number of rotatable bonds is 9. The summed E-state index contributed by atoms with van der Waals surface area (Å²) < 4.78 is 108. The molecule has 0 saturated heterocycles. The van der Waals surface area contributed by atoms with E-state index in [0.29, 0.717) is 11.1 Å². The first kappa shape index (κ1) is 81.2. The van der Waals surface area contributed by atoms with Crippen LogP contribution in [-0.2, 0) is 41.6 Å². The van der Waals surface area contributed by atoms with Gasteiger partial charge in [-0.3, -0.25) is 0 Å². The molecule has 25 aromatic rings. The van der Waals surface area contributed by atoms with Gasteiger partial charge in [-0.25, -0.2) is 22.8 Å². The van der Waals surface area contributed by atoms with E-state index >= 15 is 0 Å². The van der Waals surface area contributed by atoms with Gasteiger partial charge < -0.3 is 22.1 Å². The zero-order valence-electron chi connectivity index (χ0n) is 90.9. The van der Waals surface area contributed by atoms with Crippen LogP contribution < -0.4 is 22.8 Å². The van der Waals surface area contributed by atoms with Crippen LogP contribution >= 0.6 is 0 Å². The Hall–Kier alpha value is -15.7. The van der Waals surface area contributed by atoms with E-state index in [2.05, 4.69) is 337 Å². The summed E-state index contributed by atoms with van der Waals surface area (Å²) in [6, 6.07) is 105. The zero-order valence-corrected chi connectivity index (χ0v) is 82.9. The molecule has 2 saturated carbocycles. The van der Waals surface area contributed by atoms with Crippen LogP contribution in [0.5, 0.6) is 0 Å². The average molecular weight is 1860 g/mol. The fourth-order valence-corrected chi connectivity index (χ4v) is 22.3. The molecule has 15 aromatic carbocycles. The minimum Gasteiger partial charge on any atom is -0.456 e. The van der Waals surface area contributed by atoms with E-state index in [4.69, 9.17) is 33.1 Å². The molecule has 2 aliphatic rings. The fourth-order valence-electron chi connectivity index (χ4n) is 22.3. The smallest absolute Gasteiger partial charge is 0.212 e. The van der Waals surface area contributed by atoms with Crippen LogP contribution in [0.1, 0.15) is 163 Å². The highest BCUT2D eigenvalue weighted by Crippen LogP contribution is 2.47. The van der Waals surface area contributed by atoms with Gasteiger partial charge in [-0.05, 0) is 292 Å². The maximum Gasteiger partial charge on any atom is 0.212 e. The van der Waals surface area contributed by atoms with Crippen LogP contribution in [-0.4, -0.2) is 0 Å². The van der Waals surface area contributed by atoms with Gasteiger partial charge in [-0.2, -0.15) is 0 Å². The molecule has 0 aliphatic heterocycles. The van der Waals surface area contributed by atoms with Gasteiger partial charge in [0, 0.05) is 153 Å². The van der Waals surface area contributed by atoms with Crippen molar-refractivity contribution < 1.29 is 55.9 Å². The summed E-state index contributed by atoms with van der Waals surface area (Å²) in [6.45, 7) is 13.3. The molecule has 27 rings (SSSR count). The second-order valence-electron chi connectivity index (χ2n) is 39.3. The first-order valence-electron chi connectivity index (χ1n) is 53.8. The molecule has 0 spiro atoms. The lowest BCUT2D eigenvalue weighted by molar-refractivity contribution is -0.660. The predicted octanol–water partition coefficient (Wildman–Crippen LogP) is 33.4. The van der Waals surface area contributed by atoms with E-state index < -0.39 is 30.9 Å². The standard InChI is InChI=1S/C29H28NO.C28H26NO.C26H24NO.C25H22NO.C24H20NO/c1-19-16-28-25(29-23-11-7-6-10-21(23)12-13-27(29)31-28)18-24(19)26-17-22(14-15-30(26)2)20-8-4-3-5-9-20;1-18-15-27-24(28-22-10-6-5-9-20(22)11-12-26(28)30-27)17-23(18)25-16-21(13-14-29(25)2)19-7-3-4-8-19;1-16(2)19-11-12-27(4)23(14-19)21-15-22-25(13-17(21)3)28-24-10-9-18-7-5-6-8-20(18)26(22)24;1-4-17-11-12-26(3)22(14-17)20-15-21-24(13-16(20)2)27-23-10-9-18-7-5-6-8-19(18)25(21)23;1-15-10-11-25(3)21(12-15)19-14-20-23(13-16(19)2)26-22-9-8-17-6-4-5-7-18(17)24(20)22/h6-7,10-18,20H,3-5,8-9H2,1-2H3;5-6,9-17,19H,3-4,7-8H2,1-2H3;5-16H,1-4H3;5-15H,4H2,1-3H3;4-14H,1-3H3/q5*+1/i20D;19D;1D3,16D;4D2;. The van der Waals surface area contributed by atoms with E-state index in [1.54, 1.807) is 13.0 Å². The number of fused-ring (bicyclic) bond motifs is 25. The van der Waals surface area contributed by atoms with Gasteiger partial charge in [0.2, 0.25) is 28.5 Å². The second-order valence-corrected chi connectivity index (χ2v) is 39.3. The van der Waals surface area contributed by atoms with Crippen molar-refractivity contribution in [3.05, 3.63) is 390 Å². The molecule has 0 N–H and O–H groups in total. The summed E-state index contributed by atoms with van der Waals surface area (Å²) in [7, 11) is 10.2. The number of aryl methyl sites for hydroxylation is 12. The second kappa shape index (κ2) is 37.2. The first-order chi connectivity index (χ1) is 72.1. The predicted molar refractivity (Wildman–Crippen MR) is 588 cm³/mol. The molecule has 10 nitrogen and oxygen atoms in total. The van der Waals surface area contributed by atoms with Crippen LogP contribution in [0.25, 0.3) is 220 Å². The lowest BCUT2D eigenvalue weighted by Gasteiger charge is -2.21. The van der Waals surface area contributed by atoms with Gasteiger partial charge in [-0.1, -0.05) is 204 Å². The Labute approximate surface area is 839 Å². The largest absolute Gasteiger partial charge is 0.456 e. The van der Waals surface area contributed by atoms with Crippen molar-refractivity contribution in [1.29, 1.82) is 0 Å². The summed E-state index contributed by atoms with van der Waals surface area (Å²) in [5.74, 6) is -2.61. The first-order valence-corrected chi connectivity index (χ1v) is 49.8. The lowest BCUT2D eigenvalue weighted by atomic mass is 9.84. The monoisotopic (exact) mass is 1860 g/mol. The van der Waals surface area contributed by atoms with E-state index in [1.165, 1.54) is 123 Å². The maximum absolute atomic E-state index is 9.13. The number of hydrogen-bond acceptors (Lipinski definition) is 5. The molecule has 2 aliphatic carbocycles. The van der Waals surface area contributed by atoms with Gasteiger partial charge in [0.15, 0.2) is 31.0 Å². The Morgan fingerprint density at radius 1 is 0.289 bits per heavy atom. The minimum absolute atomic E-state index is 0.445. The van der Waals surface area contributed by atoms with E-state index in [0.717, 1.165) is 206 Å². The molecule has 1 unspecified atom stereocenters. The van der Waals surface area contributed by atoms with Gasteiger partial charge in [0.25, 0.3) is 0 Å². The molecule has 2 fully saturated rings. The Bertz CT molecular complexity index is 9780. The third-order valence-electron chi connectivity index (χ3n) is 30.0. The quantitative estimate of drug-likeness (QED) is 0.134. The summed E-state index contributed by atoms with van der Waals surface area (Å²) in [6.07, 6.45) is 18.4. The number of nitrogens with zero attached hydrogens (tertiary/aromatic N) is 5. The van der Waals surface area contributed by atoms with Crippen molar-refractivity contribution in [2.75, 3.05) is 0 Å². The lowest BCUT2D eigenvalue weighted by Crippen LogP contribution is -2.31. The minimum atomic E-state index is -2.43. The summed E-state index contributed by atoms with van der Waals surface area (Å²) >= 11 is 0. The SMILES string of the molecule is Cc1cc[n+](C)c(-c2cc3c(cc2C)oc2ccc4ccccc4c23)c1.[2H]C([2H])(C)c1cc[n+](C)c(-c2cc3c(cc2C)oc2ccc4ccccc4c23)c1.[2H]C([2H])([2H])C([2H])(C)c1cc[n+](C)c(-c2cc3c(cc2C)oc2ccc4ccccc4c23)c1.[2H]C1(c2cc[n+](C)c(-c3cc4c(cc3C)oc3ccc5ccccc5c34)c2)CCCC1.[2H]C1(c2cc[n+](C)c(-c3cc4c(cc3C)oc3ccc5ccccc5c34)c2)CCCCC1. The van der Waals surface area contributed by atoms with Crippen LogP contribution in [0.4, 0.5) is 0 Å². The molecule has 142 heavy (non-hydrogen) atoms. The van der Waals surface area contributed by atoms with E-state index in [1.807, 2.05) is 91.1 Å². The topological polar surface area (TPSA) is 85.1 Å². The third kappa shape index (κ3) is 16.5. The van der Waals surface area contributed by atoms with Crippen LogP contribution in [0.3, 0.4) is 0 Å². The fraction of sp³-hybridized carbons (Fsp3) is 0.205. The highest BCUT2D eigenvalue weighted by Gasteiger charge is 2.29. The molecule has 10 heterocycles. The normalized spacial score (nSPS) is 15.1. The maximum atomic E-state index is 9.13. The van der Waals surface area contributed by atoms with E-state index in [9.17, 15) is 0 Å². The van der Waals surface area contributed by atoms with Crippen LogP contribution in [0.15, 0.2) is 356 Å². The highest BCUT2D eigenvalue weighted by molar-refractivity contribution is 6.24. The van der Waals surface area contributed by atoms with Crippen LogP contribution in [0, 0.1) is 41.5 Å². The molecule has 0 bridgehead atoms. The molecular weight excluding hydrogens is 1740 g/mol. The molecule has 698 valence electrons. The van der Waals surface area contributed by atoms with Crippen molar-refractivity contribution >= 4 is 164 Å². The van der Waals surface area contributed by atoms with Crippen molar-refractivity contribution in [3.63, 3.8) is 0 Å². The molecule has 0 amide bonds. The van der Waals surface area contributed by atoms with E-state index in [-0.39, 0.29) is 0 Å². The third-order valence-corrected chi connectivity index (χ3v) is 30.0. The van der Waals surface area contributed by atoms with Crippen molar-refractivity contribution in [2.24, 2.45) is 35.2 Å². The number of pyridine rings is 5. The average Bonchev–Trinajstić information content (AvgIpc) is 1.58. The van der Waals surface area contributed by atoms with Gasteiger partial charge in [-0.15, -0.1) is 0 Å². The Morgan fingerprint density at radius 2 is 0.556 bits per heavy atom. The Balaban J connectivity index is 0.000000103. The number of hydrogen-bond donors (Lipinski definition) is 0. The van der Waals surface area contributed by atoms with Crippen molar-refractivity contribution in [1.82, 2.24) is 0 Å². The summed E-state index contributed by atoms with van der Waals surface area (Å²) in [5.41, 5.74) is 30.6.